The number of ketones is 1. The van der Waals surface area contributed by atoms with Crippen molar-refractivity contribution in [1.29, 1.82) is 0 Å². The van der Waals surface area contributed by atoms with Crippen LogP contribution in [-0.4, -0.2) is 65.5 Å². The van der Waals surface area contributed by atoms with E-state index in [0.717, 1.165) is 4.31 Å². The minimum absolute atomic E-state index is 0.0132. The van der Waals surface area contributed by atoms with Gasteiger partial charge in [-0.05, 0) is 49.4 Å². The molecule has 230 valence electrons. The van der Waals surface area contributed by atoms with E-state index < -0.39 is 69.8 Å². The molecule has 2 aromatic heterocycles. The normalized spacial score (nSPS) is 17.3. The van der Waals surface area contributed by atoms with Crippen LogP contribution in [0.3, 0.4) is 0 Å². The molecule has 1 fully saturated rings. The molecule has 0 bridgehead atoms. The molecule has 1 aliphatic heterocycles. The summed E-state index contributed by atoms with van der Waals surface area (Å²) >= 11 is 0. The number of oxazole rings is 1. The number of sulfonamides is 1. The van der Waals surface area contributed by atoms with Crippen LogP contribution in [0.5, 0.6) is 0 Å². The Bertz CT molecular complexity index is 1560. The standard InChI is InChI=1S/C28H30F3N5O6S/c1-17(2)15-20(34-26(39)23-24(28(29,30)31)42-27(35-23)18-9-4-3-5-10-18)25(38)33-19-11-8-14-36(16-21(19)37)43(40,41)22-12-6-7-13-32-22/h3-7,9-10,12-13,17,19-20H,8,11,14-16H2,1-2H3,(H,33,38)(H,34,39)/t19?,20-/m0/s1. The van der Waals surface area contributed by atoms with Crippen molar-refractivity contribution in [1.82, 2.24) is 24.9 Å². The number of carbonyl (C=O) groups excluding carboxylic acids is 3. The smallest absolute Gasteiger partial charge is 0.431 e. The Hall–Kier alpha value is -4.11. The lowest BCUT2D eigenvalue weighted by molar-refractivity contribution is -0.153. The van der Waals surface area contributed by atoms with Crippen LogP contribution in [0.25, 0.3) is 11.5 Å². The van der Waals surface area contributed by atoms with Gasteiger partial charge in [-0.15, -0.1) is 0 Å². The fourth-order valence-electron chi connectivity index (χ4n) is 4.56. The molecule has 0 radical (unpaired) electrons. The van der Waals surface area contributed by atoms with Gasteiger partial charge in [0.2, 0.25) is 17.6 Å². The maximum atomic E-state index is 13.8. The lowest BCUT2D eigenvalue weighted by atomic mass is 10.0. The SMILES string of the molecule is CC(C)C[C@H](NC(=O)c1nc(-c2ccccc2)oc1C(F)(F)F)C(=O)NC1CCCN(S(=O)(=O)c2ccccn2)CC1=O. The quantitative estimate of drug-likeness (QED) is 0.369. The molecule has 1 aliphatic rings. The van der Waals surface area contributed by atoms with Gasteiger partial charge in [-0.1, -0.05) is 38.1 Å². The topological polar surface area (TPSA) is 152 Å². The number of alkyl halides is 3. The number of amides is 2. The minimum Gasteiger partial charge on any atom is -0.431 e. The molecule has 2 N–H and O–H groups in total. The highest BCUT2D eigenvalue weighted by molar-refractivity contribution is 7.89. The number of carbonyl (C=O) groups is 3. The lowest BCUT2D eigenvalue weighted by Gasteiger charge is -2.23. The summed E-state index contributed by atoms with van der Waals surface area (Å²) < 4.78 is 73.2. The molecular weight excluding hydrogens is 591 g/mol. The molecule has 1 unspecified atom stereocenters. The van der Waals surface area contributed by atoms with Crippen molar-refractivity contribution in [3.63, 3.8) is 0 Å². The summed E-state index contributed by atoms with van der Waals surface area (Å²) in [5.74, 6) is -4.87. The molecule has 11 nitrogen and oxygen atoms in total. The first-order chi connectivity index (χ1) is 20.3. The third-order valence-corrected chi connectivity index (χ3v) is 8.39. The van der Waals surface area contributed by atoms with Crippen molar-refractivity contribution in [2.45, 2.75) is 56.4 Å². The molecule has 2 amide bonds. The Morgan fingerprint density at radius 3 is 2.44 bits per heavy atom. The van der Waals surface area contributed by atoms with Crippen LogP contribution in [0, 0.1) is 5.92 Å². The molecule has 43 heavy (non-hydrogen) atoms. The van der Waals surface area contributed by atoms with Gasteiger partial charge in [0.15, 0.2) is 16.5 Å². The Balaban J connectivity index is 1.51. The van der Waals surface area contributed by atoms with Crippen LogP contribution in [0.2, 0.25) is 0 Å². The number of nitrogens with one attached hydrogen (secondary N) is 2. The van der Waals surface area contributed by atoms with Crippen LogP contribution < -0.4 is 10.6 Å². The summed E-state index contributed by atoms with van der Waals surface area (Å²) in [6.07, 6.45) is -3.35. The predicted molar refractivity (Wildman–Crippen MR) is 147 cm³/mol. The van der Waals surface area contributed by atoms with E-state index in [2.05, 4.69) is 20.6 Å². The van der Waals surface area contributed by atoms with Crippen molar-refractivity contribution in [2.75, 3.05) is 13.1 Å². The third kappa shape index (κ3) is 7.65. The highest BCUT2D eigenvalue weighted by Gasteiger charge is 2.43. The molecule has 0 saturated carbocycles. The van der Waals surface area contributed by atoms with E-state index in [1.165, 1.54) is 30.5 Å². The van der Waals surface area contributed by atoms with Crippen molar-refractivity contribution in [3.8, 4) is 11.5 Å². The molecular formula is C28H30F3N5O6S. The Kier molecular flexibility index (Phi) is 9.65. The van der Waals surface area contributed by atoms with Gasteiger partial charge in [0, 0.05) is 18.3 Å². The third-order valence-electron chi connectivity index (χ3n) is 6.63. The molecule has 0 aliphatic carbocycles. The zero-order valence-electron chi connectivity index (χ0n) is 23.3. The lowest BCUT2D eigenvalue weighted by Crippen LogP contribution is -2.53. The molecule has 1 saturated heterocycles. The maximum absolute atomic E-state index is 13.8. The first-order valence-corrected chi connectivity index (χ1v) is 14.9. The number of nitrogens with zero attached hydrogens (tertiary/aromatic N) is 3. The number of benzene rings is 1. The average molecular weight is 622 g/mol. The Labute approximate surface area is 245 Å². The summed E-state index contributed by atoms with van der Waals surface area (Å²) in [5.41, 5.74) is -0.816. The highest BCUT2D eigenvalue weighted by Crippen LogP contribution is 2.35. The molecule has 1 aromatic carbocycles. The van der Waals surface area contributed by atoms with Crippen molar-refractivity contribution < 1.29 is 40.4 Å². The highest BCUT2D eigenvalue weighted by atomic mass is 32.2. The summed E-state index contributed by atoms with van der Waals surface area (Å²) in [6, 6.07) is 9.69. The molecule has 0 spiro atoms. The van der Waals surface area contributed by atoms with Gasteiger partial charge in [-0.2, -0.15) is 17.5 Å². The van der Waals surface area contributed by atoms with Crippen molar-refractivity contribution in [3.05, 3.63) is 66.2 Å². The maximum Gasteiger partial charge on any atom is 0.452 e. The number of hydrogen-bond donors (Lipinski definition) is 2. The van der Waals surface area contributed by atoms with Gasteiger partial charge in [-0.3, -0.25) is 14.4 Å². The van der Waals surface area contributed by atoms with Gasteiger partial charge in [0.05, 0.1) is 12.6 Å². The molecule has 3 aromatic rings. The molecule has 2 atom stereocenters. The second-order valence-corrected chi connectivity index (χ2v) is 12.3. The summed E-state index contributed by atoms with van der Waals surface area (Å²) in [7, 11) is -4.06. The minimum atomic E-state index is -5.04. The fraction of sp³-hybridized carbons (Fsp3) is 0.393. The number of halogens is 3. The summed E-state index contributed by atoms with van der Waals surface area (Å²) in [6.45, 7) is 2.99. The van der Waals surface area contributed by atoms with Gasteiger partial charge < -0.3 is 15.1 Å². The van der Waals surface area contributed by atoms with E-state index in [1.807, 2.05) is 0 Å². The van der Waals surface area contributed by atoms with Crippen LogP contribution in [-0.2, 0) is 25.8 Å². The number of hydrogen-bond acceptors (Lipinski definition) is 8. The van der Waals surface area contributed by atoms with Gasteiger partial charge in [-0.25, -0.2) is 18.4 Å². The first-order valence-electron chi connectivity index (χ1n) is 13.5. The number of rotatable bonds is 9. The molecule has 15 heteroatoms. The molecule has 3 heterocycles. The van der Waals surface area contributed by atoms with Gasteiger partial charge >= 0.3 is 6.18 Å². The molecule has 4 rings (SSSR count). The van der Waals surface area contributed by atoms with E-state index >= 15 is 0 Å². The van der Waals surface area contributed by atoms with Crippen LogP contribution in [0.4, 0.5) is 13.2 Å². The summed E-state index contributed by atoms with van der Waals surface area (Å²) in [4.78, 5) is 47.1. The van der Waals surface area contributed by atoms with Crippen LogP contribution >= 0.6 is 0 Å². The number of pyridine rings is 1. The average Bonchev–Trinajstić information content (AvgIpc) is 3.35. The first kappa shape index (κ1) is 31.8. The van der Waals surface area contributed by atoms with Crippen LogP contribution in [0.15, 0.2) is 64.2 Å². The fourth-order valence-corrected chi connectivity index (χ4v) is 5.93. The zero-order chi connectivity index (χ0) is 31.4. The largest absolute Gasteiger partial charge is 0.452 e. The van der Waals surface area contributed by atoms with Gasteiger partial charge in [0.25, 0.3) is 15.9 Å². The van der Waals surface area contributed by atoms with E-state index in [-0.39, 0.29) is 42.3 Å². The van der Waals surface area contributed by atoms with E-state index in [1.54, 1.807) is 38.1 Å². The van der Waals surface area contributed by atoms with E-state index in [0.29, 0.717) is 0 Å². The number of Topliss-reactive ketones (excluding diaryl/α,β-unsaturated/α-hetero) is 1. The zero-order valence-corrected chi connectivity index (χ0v) is 24.1. The second-order valence-electron chi connectivity index (χ2n) is 10.4. The predicted octanol–water partition coefficient (Wildman–Crippen LogP) is 3.44. The Morgan fingerprint density at radius 1 is 1.12 bits per heavy atom. The van der Waals surface area contributed by atoms with Crippen molar-refractivity contribution in [2.24, 2.45) is 5.92 Å². The van der Waals surface area contributed by atoms with Gasteiger partial charge in [0.1, 0.15) is 6.04 Å². The Morgan fingerprint density at radius 2 is 1.81 bits per heavy atom. The number of aromatic nitrogens is 2. The summed E-state index contributed by atoms with van der Waals surface area (Å²) in [5, 5.41) is 4.65. The van der Waals surface area contributed by atoms with Crippen molar-refractivity contribution >= 4 is 27.6 Å². The monoisotopic (exact) mass is 621 g/mol. The second kappa shape index (κ2) is 13.0. The van der Waals surface area contributed by atoms with Crippen LogP contribution in [0.1, 0.15) is 49.4 Å². The van der Waals surface area contributed by atoms with E-state index in [4.69, 9.17) is 4.42 Å². The van der Waals surface area contributed by atoms with E-state index in [9.17, 15) is 36.0 Å².